The minimum atomic E-state index is 0.0112. The molecule has 0 unspecified atom stereocenters. The topological polar surface area (TPSA) is 58.6 Å². The minimum absolute atomic E-state index is 0.0112. The molecule has 18 heavy (non-hydrogen) atoms. The molecule has 0 spiro atoms. The van der Waals surface area contributed by atoms with Crippen LogP contribution in [0.5, 0.6) is 5.75 Å². The summed E-state index contributed by atoms with van der Waals surface area (Å²) in [6.45, 7) is 3.38. The Hall–Kier alpha value is -1.55. The van der Waals surface area contributed by atoms with Crippen LogP contribution in [0.25, 0.3) is 0 Å². The molecule has 1 aromatic rings. The van der Waals surface area contributed by atoms with Crippen molar-refractivity contribution < 1.29 is 14.6 Å². The molecule has 1 rings (SSSR count). The van der Waals surface area contributed by atoms with Crippen LogP contribution < -0.4 is 10.1 Å². The van der Waals surface area contributed by atoms with Gasteiger partial charge in [0.15, 0.2) is 0 Å². The standard InChI is InChI=1S/C14H21NO3/c1-2-18-13-7-5-12(6-8-13)11-14(17)15-9-3-4-10-16/h5-8,16H,2-4,9-11H2,1H3,(H,15,17). The van der Waals surface area contributed by atoms with Crippen molar-refractivity contribution in [2.75, 3.05) is 19.8 Å². The molecule has 0 bridgehead atoms. The van der Waals surface area contributed by atoms with Gasteiger partial charge in [-0.15, -0.1) is 0 Å². The Morgan fingerprint density at radius 1 is 1.28 bits per heavy atom. The van der Waals surface area contributed by atoms with E-state index in [1.54, 1.807) is 0 Å². The average molecular weight is 251 g/mol. The van der Waals surface area contributed by atoms with E-state index in [-0.39, 0.29) is 12.5 Å². The van der Waals surface area contributed by atoms with Crippen LogP contribution in [0.1, 0.15) is 25.3 Å². The summed E-state index contributed by atoms with van der Waals surface area (Å²) in [7, 11) is 0. The predicted molar refractivity (Wildman–Crippen MR) is 70.6 cm³/mol. The van der Waals surface area contributed by atoms with Gasteiger partial charge in [-0.1, -0.05) is 12.1 Å². The van der Waals surface area contributed by atoms with E-state index in [0.717, 1.165) is 24.2 Å². The molecule has 0 aliphatic heterocycles. The second kappa shape index (κ2) is 8.53. The molecule has 1 aromatic carbocycles. The van der Waals surface area contributed by atoms with E-state index < -0.39 is 0 Å². The molecule has 0 atom stereocenters. The number of carbonyl (C=O) groups excluding carboxylic acids is 1. The van der Waals surface area contributed by atoms with Gasteiger partial charge in [0.2, 0.25) is 5.91 Å². The lowest BCUT2D eigenvalue weighted by molar-refractivity contribution is -0.120. The first-order valence-corrected chi connectivity index (χ1v) is 6.35. The van der Waals surface area contributed by atoms with Crippen LogP contribution in [0.3, 0.4) is 0 Å². The van der Waals surface area contributed by atoms with E-state index in [1.165, 1.54) is 0 Å². The second-order valence-electron chi connectivity index (χ2n) is 4.03. The van der Waals surface area contributed by atoms with Gasteiger partial charge in [-0.25, -0.2) is 0 Å². The molecule has 4 nitrogen and oxygen atoms in total. The summed E-state index contributed by atoms with van der Waals surface area (Å²) in [6.07, 6.45) is 1.92. The number of hydrogen-bond acceptors (Lipinski definition) is 3. The summed E-state index contributed by atoms with van der Waals surface area (Å²) < 4.78 is 5.33. The molecule has 0 fully saturated rings. The minimum Gasteiger partial charge on any atom is -0.494 e. The average Bonchev–Trinajstić information content (AvgIpc) is 2.37. The monoisotopic (exact) mass is 251 g/mol. The number of hydrogen-bond donors (Lipinski definition) is 2. The van der Waals surface area contributed by atoms with Crippen molar-refractivity contribution in [3.05, 3.63) is 29.8 Å². The predicted octanol–water partition coefficient (Wildman–Crippen LogP) is 1.52. The number of rotatable bonds is 8. The van der Waals surface area contributed by atoms with Crippen molar-refractivity contribution in [1.82, 2.24) is 5.32 Å². The quantitative estimate of drug-likeness (QED) is 0.689. The fraction of sp³-hybridized carbons (Fsp3) is 0.500. The maximum Gasteiger partial charge on any atom is 0.224 e. The molecule has 0 saturated carbocycles. The van der Waals surface area contributed by atoms with Crippen LogP contribution >= 0.6 is 0 Å². The first-order chi connectivity index (χ1) is 8.76. The highest BCUT2D eigenvalue weighted by Crippen LogP contribution is 2.12. The molecule has 0 saturated heterocycles. The number of unbranched alkanes of at least 4 members (excludes halogenated alkanes) is 1. The van der Waals surface area contributed by atoms with E-state index in [9.17, 15) is 4.79 Å². The van der Waals surface area contributed by atoms with E-state index in [0.29, 0.717) is 19.6 Å². The highest BCUT2D eigenvalue weighted by molar-refractivity contribution is 5.78. The van der Waals surface area contributed by atoms with Crippen molar-refractivity contribution in [2.24, 2.45) is 0 Å². The van der Waals surface area contributed by atoms with Crippen LogP contribution in [0.4, 0.5) is 0 Å². The molecular weight excluding hydrogens is 230 g/mol. The molecule has 0 aliphatic rings. The van der Waals surface area contributed by atoms with Crippen molar-refractivity contribution in [3.63, 3.8) is 0 Å². The Morgan fingerprint density at radius 3 is 2.61 bits per heavy atom. The van der Waals surface area contributed by atoms with Gasteiger partial charge in [0.05, 0.1) is 13.0 Å². The zero-order valence-corrected chi connectivity index (χ0v) is 10.8. The van der Waals surface area contributed by atoms with Crippen LogP contribution in [0.15, 0.2) is 24.3 Å². The van der Waals surface area contributed by atoms with Gasteiger partial charge in [0.25, 0.3) is 0 Å². The van der Waals surface area contributed by atoms with E-state index in [2.05, 4.69) is 5.32 Å². The molecule has 1 amide bonds. The zero-order valence-electron chi connectivity index (χ0n) is 10.8. The molecule has 100 valence electrons. The maximum absolute atomic E-state index is 11.6. The Balaban J connectivity index is 2.30. The summed E-state index contributed by atoms with van der Waals surface area (Å²) in [5, 5.41) is 11.4. The van der Waals surface area contributed by atoms with Gasteiger partial charge in [0, 0.05) is 13.2 Å². The number of ether oxygens (including phenoxy) is 1. The lowest BCUT2D eigenvalue weighted by Gasteiger charge is -2.06. The lowest BCUT2D eigenvalue weighted by Crippen LogP contribution is -2.26. The lowest BCUT2D eigenvalue weighted by atomic mass is 10.1. The Kier molecular flexibility index (Phi) is 6.87. The van der Waals surface area contributed by atoms with E-state index in [1.807, 2.05) is 31.2 Å². The van der Waals surface area contributed by atoms with Gasteiger partial charge in [-0.05, 0) is 37.5 Å². The highest BCUT2D eigenvalue weighted by atomic mass is 16.5. The highest BCUT2D eigenvalue weighted by Gasteiger charge is 2.02. The SMILES string of the molecule is CCOc1ccc(CC(=O)NCCCCO)cc1. The summed E-state index contributed by atoms with van der Waals surface area (Å²) in [6, 6.07) is 7.55. The third-order valence-corrected chi connectivity index (χ3v) is 2.51. The number of aliphatic hydroxyl groups is 1. The molecule has 2 N–H and O–H groups in total. The summed E-state index contributed by atoms with van der Waals surface area (Å²) in [5.74, 6) is 0.835. The Bertz CT molecular complexity index is 349. The van der Waals surface area contributed by atoms with Crippen LogP contribution in [0, 0.1) is 0 Å². The third-order valence-electron chi connectivity index (χ3n) is 2.51. The van der Waals surface area contributed by atoms with Gasteiger partial charge in [-0.3, -0.25) is 4.79 Å². The van der Waals surface area contributed by atoms with Crippen molar-refractivity contribution in [3.8, 4) is 5.75 Å². The molecule has 4 heteroatoms. The number of carbonyl (C=O) groups is 1. The number of amides is 1. The number of aliphatic hydroxyl groups excluding tert-OH is 1. The molecular formula is C14H21NO3. The van der Waals surface area contributed by atoms with E-state index >= 15 is 0 Å². The van der Waals surface area contributed by atoms with Crippen LogP contribution in [-0.2, 0) is 11.2 Å². The van der Waals surface area contributed by atoms with Crippen molar-refractivity contribution in [1.29, 1.82) is 0 Å². The largest absolute Gasteiger partial charge is 0.494 e. The zero-order chi connectivity index (χ0) is 13.2. The molecule has 0 aliphatic carbocycles. The van der Waals surface area contributed by atoms with Gasteiger partial charge in [-0.2, -0.15) is 0 Å². The van der Waals surface area contributed by atoms with Crippen LogP contribution in [-0.4, -0.2) is 30.8 Å². The summed E-state index contributed by atoms with van der Waals surface area (Å²) >= 11 is 0. The number of benzene rings is 1. The second-order valence-corrected chi connectivity index (χ2v) is 4.03. The van der Waals surface area contributed by atoms with Crippen LogP contribution in [0.2, 0.25) is 0 Å². The third kappa shape index (κ3) is 5.68. The van der Waals surface area contributed by atoms with E-state index in [4.69, 9.17) is 9.84 Å². The molecule has 0 aromatic heterocycles. The number of nitrogens with one attached hydrogen (secondary N) is 1. The normalized spacial score (nSPS) is 10.1. The van der Waals surface area contributed by atoms with Gasteiger partial charge < -0.3 is 15.2 Å². The van der Waals surface area contributed by atoms with Gasteiger partial charge in [0.1, 0.15) is 5.75 Å². The summed E-state index contributed by atoms with van der Waals surface area (Å²) in [5.41, 5.74) is 0.970. The molecule has 0 heterocycles. The molecule has 0 radical (unpaired) electrons. The van der Waals surface area contributed by atoms with Gasteiger partial charge >= 0.3 is 0 Å². The Morgan fingerprint density at radius 2 is 2.00 bits per heavy atom. The summed E-state index contributed by atoms with van der Waals surface area (Å²) in [4.78, 5) is 11.6. The first kappa shape index (κ1) is 14.5. The first-order valence-electron chi connectivity index (χ1n) is 6.35. The van der Waals surface area contributed by atoms with Crippen molar-refractivity contribution in [2.45, 2.75) is 26.2 Å². The Labute approximate surface area is 108 Å². The fourth-order valence-electron chi connectivity index (χ4n) is 1.58. The smallest absolute Gasteiger partial charge is 0.224 e. The van der Waals surface area contributed by atoms with Crippen molar-refractivity contribution >= 4 is 5.91 Å². The maximum atomic E-state index is 11.6. The fourth-order valence-corrected chi connectivity index (χ4v) is 1.58.